The second kappa shape index (κ2) is 5.08. The van der Waals surface area contributed by atoms with Gasteiger partial charge in [-0.05, 0) is 51.8 Å². The largest absolute Gasteiger partial charge is 0.347 e. The van der Waals surface area contributed by atoms with E-state index in [1.807, 2.05) is 6.92 Å². The van der Waals surface area contributed by atoms with Crippen molar-refractivity contribution in [2.75, 3.05) is 13.1 Å². The molecule has 0 aromatic carbocycles. The molecule has 1 aromatic heterocycles. The Balaban J connectivity index is 1.72. The van der Waals surface area contributed by atoms with Gasteiger partial charge in [-0.25, -0.2) is 0 Å². The fourth-order valence-electron chi connectivity index (χ4n) is 3.34. The SMILES string of the molecule is Cc1sc(C(=O)N[C@@H]2C3CCN(CC3)[C@H]2C)cc1Cl. The standard InChI is InChI=1S/C14H19ClN2OS/c1-8-13(10-3-5-17(8)6-4-10)16-14(18)12-7-11(15)9(2)19-12/h7-8,10,13H,3-6H2,1-2H3,(H,16,18)/t8-,13-/m0/s1. The van der Waals surface area contributed by atoms with Gasteiger partial charge in [0.25, 0.3) is 5.91 Å². The van der Waals surface area contributed by atoms with E-state index in [1.165, 1.54) is 37.3 Å². The summed E-state index contributed by atoms with van der Waals surface area (Å²) in [7, 11) is 0. The molecule has 3 aliphatic rings. The Morgan fingerprint density at radius 1 is 1.47 bits per heavy atom. The maximum atomic E-state index is 12.3. The molecule has 3 saturated heterocycles. The van der Waals surface area contributed by atoms with E-state index in [2.05, 4.69) is 17.1 Å². The van der Waals surface area contributed by atoms with Crippen LogP contribution in [0.1, 0.15) is 34.3 Å². The molecule has 3 fully saturated rings. The van der Waals surface area contributed by atoms with Gasteiger partial charge >= 0.3 is 0 Å². The van der Waals surface area contributed by atoms with Gasteiger partial charge < -0.3 is 5.32 Å². The van der Waals surface area contributed by atoms with Crippen molar-refractivity contribution in [3.05, 3.63) is 20.8 Å². The fourth-order valence-corrected chi connectivity index (χ4v) is 4.44. The van der Waals surface area contributed by atoms with Gasteiger partial charge in [-0.1, -0.05) is 11.6 Å². The molecule has 4 rings (SSSR count). The average molecular weight is 299 g/mol. The molecular formula is C14H19ClN2OS. The van der Waals surface area contributed by atoms with E-state index in [0.717, 1.165) is 9.75 Å². The second-order valence-corrected chi connectivity index (χ2v) is 7.29. The number of carbonyl (C=O) groups excluding carboxylic acids is 1. The molecule has 0 unspecified atom stereocenters. The lowest BCUT2D eigenvalue weighted by molar-refractivity contribution is 0.0218. The van der Waals surface area contributed by atoms with Gasteiger partial charge in [-0.3, -0.25) is 9.69 Å². The third-order valence-corrected chi connectivity index (χ3v) is 6.11. The molecular weight excluding hydrogens is 280 g/mol. The van der Waals surface area contributed by atoms with E-state index in [-0.39, 0.29) is 11.9 Å². The summed E-state index contributed by atoms with van der Waals surface area (Å²) in [5.74, 6) is 0.672. The molecule has 0 saturated carbocycles. The van der Waals surface area contributed by atoms with Crippen LogP contribution in [0.25, 0.3) is 0 Å². The number of rotatable bonds is 2. The number of piperidine rings is 3. The molecule has 0 radical (unpaired) electrons. The van der Waals surface area contributed by atoms with Gasteiger partial charge in [-0.2, -0.15) is 0 Å². The number of nitrogens with one attached hydrogen (secondary N) is 1. The van der Waals surface area contributed by atoms with Crippen molar-refractivity contribution >= 4 is 28.8 Å². The number of carbonyl (C=O) groups is 1. The van der Waals surface area contributed by atoms with E-state index >= 15 is 0 Å². The van der Waals surface area contributed by atoms with Crippen molar-refractivity contribution in [3.8, 4) is 0 Å². The van der Waals surface area contributed by atoms with Crippen LogP contribution < -0.4 is 5.32 Å². The van der Waals surface area contributed by atoms with Crippen LogP contribution in [0.5, 0.6) is 0 Å². The number of aryl methyl sites for hydroxylation is 1. The summed E-state index contributed by atoms with van der Waals surface area (Å²) in [6, 6.07) is 2.52. The predicted octanol–water partition coefficient (Wildman–Crippen LogP) is 2.92. The summed E-state index contributed by atoms with van der Waals surface area (Å²) in [4.78, 5) is 16.5. The van der Waals surface area contributed by atoms with Crippen LogP contribution in [-0.2, 0) is 0 Å². The van der Waals surface area contributed by atoms with Crippen molar-refractivity contribution in [1.29, 1.82) is 0 Å². The van der Waals surface area contributed by atoms with Gasteiger partial charge in [0.05, 0.1) is 9.90 Å². The number of thiophene rings is 1. The molecule has 4 heterocycles. The zero-order chi connectivity index (χ0) is 13.6. The highest BCUT2D eigenvalue weighted by Crippen LogP contribution is 2.33. The molecule has 1 N–H and O–H groups in total. The molecule has 0 spiro atoms. The molecule has 3 nitrogen and oxygen atoms in total. The quantitative estimate of drug-likeness (QED) is 0.910. The molecule has 2 atom stereocenters. The van der Waals surface area contributed by atoms with E-state index in [1.54, 1.807) is 6.07 Å². The van der Waals surface area contributed by atoms with Gasteiger partial charge in [0, 0.05) is 17.0 Å². The zero-order valence-electron chi connectivity index (χ0n) is 11.3. The number of fused-ring (bicyclic) bond motifs is 3. The minimum Gasteiger partial charge on any atom is -0.347 e. The van der Waals surface area contributed by atoms with E-state index in [4.69, 9.17) is 11.6 Å². The fraction of sp³-hybridized carbons (Fsp3) is 0.643. The Bertz CT molecular complexity index is 472. The minimum absolute atomic E-state index is 0.0330. The minimum atomic E-state index is 0.0330. The maximum Gasteiger partial charge on any atom is 0.261 e. The summed E-state index contributed by atoms with van der Waals surface area (Å²) >= 11 is 7.50. The van der Waals surface area contributed by atoms with Crippen LogP contribution in [0, 0.1) is 12.8 Å². The highest BCUT2D eigenvalue weighted by atomic mass is 35.5. The van der Waals surface area contributed by atoms with E-state index in [9.17, 15) is 4.79 Å². The first-order valence-electron chi connectivity index (χ1n) is 6.87. The van der Waals surface area contributed by atoms with E-state index < -0.39 is 0 Å². The number of nitrogens with zero attached hydrogens (tertiary/aromatic N) is 1. The predicted molar refractivity (Wildman–Crippen MR) is 79.1 cm³/mol. The summed E-state index contributed by atoms with van der Waals surface area (Å²) in [6.07, 6.45) is 2.42. The molecule has 3 aliphatic heterocycles. The van der Waals surface area contributed by atoms with Gasteiger partial charge in [-0.15, -0.1) is 11.3 Å². The Hall–Kier alpha value is -0.580. The van der Waals surface area contributed by atoms with Crippen molar-refractivity contribution in [2.45, 2.75) is 38.8 Å². The molecule has 1 aromatic rings. The number of halogens is 1. The molecule has 0 aliphatic carbocycles. The van der Waals surface area contributed by atoms with Crippen molar-refractivity contribution < 1.29 is 4.79 Å². The Morgan fingerprint density at radius 3 is 2.68 bits per heavy atom. The molecule has 104 valence electrons. The topological polar surface area (TPSA) is 32.3 Å². The van der Waals surface area contributed by atoms with Crippen molar-refractivity contribution in [2.24, 2.45) is 5.92 Å². The summed E-state index contributed by atoms with van der Waals surface area (Å²) < 4.78 is 0. The lowest BCUT2D eigenvalue weighted by atomic mass is 9.79. The van der Waals surface area contributed by atoms with Gasteiger partial charge in [0.15, 0.2) is 0 Å². The lowest BCUT2D eigenvalue weighted by Gasteiger charge is -2.49. The second-order valence-electron chi connectivity index (χ2n) is 5.63. The molecule has 5 heteroatoms. The van der Waals surface area contributed by atoms with Crippen LogP contribution in [0.2, 0.25) is 5.02 Å². The zero-order valence-corrected chi connectivity index (χ0v) is 12.9. The Morgan fingerprint density at radius 2 is 2.16 bits per heavy atom. The van der Waals surface area contributed by atoms with Gasteiger partial charge in [0.2, 0.25) is 0 Å². The Labute approximate surface area is 122 Å². The molecule has 19 heavy (non-hydrogen) atoms. The number of amides is 1. The smallest absolute Gasteiger partial charge is 0.261 e. The highest BCUT2D eigenvalue weighted by molar-refractivity contribution is 7.14. The van der Waals surface area contributed by atoms with Crippen LogP contribution in [0.15, 0.2) is 6.07 Å². The third-order valence-electron chi connectivity index (χ3n) is 4.56. The van der Waals surface area contributed by atoms with Crippen LogP contribution >= 0.6 is 22.9 Å². The third kappa shape index (κ3) is 2.41. The molecule has 1 amide bonds. The summed E-state index contributed by atoms with van der Waals surface area (Å²) in [6.45, 7) is 6.54. The van der Waals surface area contributed by atoms with Crippen LogP contribution in [0.3, 0.4) is 0 Å². The lowest BCUT2D eigenvalue weighted by Crippen LogP contribution is -2.62. The summed E-state index contributed by atoms with van der Waals surface area (Å²) in [5, 5.41) is 3.92. The first-order chi connectivity index (χ1) is 9.06. The van der Waals surface area contributed by atoms with Crippen molar-refractivity contribution in [3.63, 3.8) is 0 Å². The van der Waals surface area contributed by atoms with E-state index in [0.29, 0.717) is 17.0 Å². The van der Waals surface area contributed by atoms with Crippen molar-refractivity contribution in [1.82, 2.24) is 10.2 Å². The number of hydrogen-bond donors (Lipinski definition) is 1. The first kappa shape index (κ1) is 13.4. The Kier molecular flexibility index (Phi) is 3.58. The maximum absolute atomic E-state index is 12.3. The van der Waals surface area contributed by atoms with Crippen LogP contribution in [0.4, 0.5) is 0 Å². The normalized spacial score (nSPS) is 33.4. The van der Waals surface area contributed by atoms with Crippen LogP contribution in [-0.4, -0.2) is 36.0 Å². The first-order valence-corrected chi connectivity index (χ1v) is 8.06. The summed E-state index contributed by atoms with van der Waals surface area (Å²) in [5.41, 5.74) is 0. The molecule has 2 bridgehead atoms. The average Bonchev–Trinajstić information content (AvgIpc) is 2.74. The monoisotopic (exact) mass is 298 g/mol. The van der Waals surface area contributed by atoms with Gasteiger partial charge in [0.1, 0.15) is 0 Å². The number of hydrogen-bond acceptors (Lipinski definition) is 3. The highest BCUT2D eigenvalue weighted by Gasteiger charge is 2.40.